The van der Waals surface area contributed by atoms with Crippen LogP contribution in [0.4, 0.5) is 0 Å². The highest BCUT2D eigenvalue weighted by atomic mass is 79.9. The molecule has 0 bridgehead atoms. The number of nitrogens with zero attached hydrogens (tertiary/aromatic N) is 1. The number of benzene rings is 1. The number of aromatic nitrogens is 1. The Morgan fingerprint density at radius 3 is 2.83 bits per heavy atom. The third-order valence-electron chi connectivity index (χ3n) is 2.58. The molecule has 0 aliphatic rings. The Morgan fingerprint density at radius 2 is 2.22 bits per heavy atom. The standard InChI is InChI=1S/C12H13Br2N3S/c1-7-6-18-12(16-7)5-11(17-15)9-4-8(13)2-3-10(9)14/h2-4,6,11,17H,5,15H2,1H3. The molecule has 1 unspecified atom stereocenters. The fourth-order valence-corrected chi connectivity index (χ4v) is 3.43. The molecule has 0 radical (unpaired) electrons. The van der Waals surface area contributed by atoms with Crippen LogP contribution in [0.1, 0.15) is 22.3 Å². The van der Waals surface area contributed by atoms with Gasteiger partial charge in [-0.2, -0.15) is 0 Å². The zero-order chi connectivity index (χ0) is 13.1. The molecule has 2 rings (SSSR count). The van der Waals surface area contributed by atoms with Crippen molar-refractivity contribution in [3.05, 3.63) is 48.8 Å². The van der Waals surface area contributed by atoms with E-state index in [2.05, 4.69) is 53.7 Å². The second-order valence-corrected chi connectivity index (χ2v) is 6.68. The molecule has 1 atom stereocenters. The summed E-state index contributed by atoms with van der Waals surface area (Å²) in [6.07, 6.45) is 0.782. The second-order valence-electron chi connectivity index (χ2n) is 3.97. The predicted molar refractivity (Wildman–Crippen MR) is 82.5 cm³/mol. The van der Waals surface area contributed by atoms with Crippen LogP contribution < -0.4 is 11.3 Å². The molecule has 3 nitrogen and oxygen atoms in total. The first-order chi connectivity index (χ1) is 8.60. The molecule has 0 amide bonds. The average molecular weight is 391 g/mol. The van der Waals surface area contributed by atoms with Gasteiger partial charge in [-0.1, -0.05) is 31.9 Å². The van der Waals surface area contributed by atoms with Crippen molar-refractivity contribution in [3.63, 3.8) is 0 Å². The molecule has 0 spiro atoms. The summed E-state index contributed by atoms with van der Waals surface area (Å²) in [5.74, 6) is 5.67. The van der Waals surface area contributed by atoms with E-state index in [0.717, 1.165) is 31.6 Å². The number of hydrazine groups is 1. The van der Waals surface area contributed by atoms with Gasteiger partial charge >= 0.3 is 0 Å². The minimum absolute atomic E-state index is 0.0439. The molecule has 18 heavy (non-hydrogen) atoms. The number of thiazole rings is 1. The number of rotatable bonds is 4. The third-order valence-corrected chi connectivity index (χ3v) is 4.78. The molecule has 0 saturated heterocycles. The Morgan fingerprint density at radius 1 is 1.44 bits per heavy atom. The second kappa shape index (κ2) is 6.25. The van der Waals surface area contributed by atoms with Crippen LogP contribution in [0, 0.1) is 6.92 Å². The fourth-order valence-electron chi connectivity index (χ4n) is 1.71. The third kappa shape index (κ3) is 3.39. The van der Waals surface area contributed by atoms with Crippen molar-refractivity contribution in [3.8, 4) is 0 Å². The van der Waals surface area contributed by atoms with E-state index in [0.29, 0.717) is 0 Å². The van der Waals surface area contributed by atoms with E-state index < -0.39 is 0 Å². The van der Waals surface area contributed by atoms with Crippen LogP contribution in [0.2, 0.25) is 0 Å². The first-order valence-corrected chi connectivity index (χ1v) is 7.89. The number of halogens is 2. The van der Waals surface area contributed by atoms with Gasteiger partial charge < -0.3 is 0 Å². The lowest BCUT2D eigenvalue weighted by atomic mass is 10.1. The van der Waals surface area contributed by atoms with Gasteiger partial charge in [0.15, 0.2) is 0 Å². The summed E-state index contributed by atoms with van der Waals surface area (Å²) in [7, 11) is 0. The fraction of sp³-hybridized carbons (Fsp3) is 0.250. The van der Waals surface area contributed by atoms with Gasteiger partial charge in [-0.05, 0) is 30.7 Å². The van der Waals surface area contributed by atoms with Gasteiger partial charge in [0, 0.05) is 26.4 Å². The molecule has 0 saturated carbocycles. The summed E-state index contributed by atoms with van der Waals surface area (Å²) >= 11 is 8.70. The zero-order valence-electron chi connectivity index (χ0n) is 9.78. The van der Waals surface area contributed by atoms with Crippen LogP contribution in [0.15, 0.2) is 32.5 Å². The molecule has 1 aromatic heterocycles. The Hall–Kier alpha value is -0.270. The zero-order valence-corrected chi connectivity index (χ0v) is 13.8. The number of hydrogen-bond acceptors (Lipinski definition) is 4. The topological polar surface area (TPSA) is 50.9 Å². The Balaban J connectivity index is 2.25. The van der Waals surface area contributed by atoms with Gasteiger partial charge in [-0.25, -0.2) is 4.98 Å². The summed E-state index contributed by atoms with van der Waals surface area (Å²) < 4.78 is 2.08. The van der Waals surface area contributed by atoms with Gasteiger partial charge in [0.25, 0.3) is 0 Å². The Labute approximate surface area is 127 Å². The Kier molecular flexibility index (Phi) is 4.91. The lowest BCUT2D eigenvalue weighted by Gasteiger charge is -2.17. The van der Waals surface area contributed by atoms with Crippen LogP contribution in [-0.4, -0.2) is 4.98 Å². The molecule has 1 aromatic carbocycles. The van der Waals surface area contributed by atoms with Crippen molar-refractivity contribution in [1.82, 2.24) is 10.4 Å². The lowest BCUT2D eigenvalue weighted by molar-refractivity contribution is 0.548. The summed E-state index contributed by atoms with van der Waals surface area (Å²) in [5, 5.41) is 3.14. The normalized spacial score (nSPS) is 12.7. The molecule has 3 N–H and O–H groups in total. The van der Waals surface area contributed by atoms with E-state index >= 15 is 0 Å². The van der Waals surface area contributed by atoms with Crippen molar-refractivity contribution in [1.29, 1.82) is 0 Å². The van der Waals surface area contributed by atoms with E-state index in [-0.39, 0.29) is 6.04 Å². The first-order valence-electron chi connectivity index (χ1n) is 5.42. The van der Waals surface area contributed by atoms with Crippen molar-refractivity contribution in [2.45, 2.75) is 19.4 Å². The summed E-state index contributed by atoms with van der Waals surface area (Å²) in [6.45, 7) is 2.00. The van der Waals surface area contributed by atoms with E-state index in [9.17, 15) is 0 Å². The minimum Gasteiger partial charge on any atom is -0.271 e. The highest BCUT2D eigenvalue weighted by Crippen LogP contribution is 2.29. The monoisotopic (exact) mass is 389 g/mol. The van der Waals surface area contributed by atoms with E-state index in [1.165, 1.54) is 0 Å². The average Bonchev–Trinajstić information content (AvgIpc) is 2.75. The van der Waals surface area contributed by atoms with Crippen molar-refractivity contribution < 1.29 is 0 Å². The quantitative estimate of drug-likeness (QED) is 0.617. The van der Waals surface area contributed by atoms with Crippen LogP contribution in [0.3, 0.4) is 0 Å². The number of aryl methyl sites for hydroxylation is 1. The highest BCUT2D eigenvalue weighted by Gasteiger charge is 2.15. The molecule has 6 heteroatoms. The molecule has 0 fully saturated rings. The van der Waals surface area contributed by atoms with Gasteiger partial charge in [0.2, 0.25) is 0 Å². The molecule has 2 aromatic rings. The minimum atomic E-state index is 0.0439. The van der Waals surface area contributed by atoms with Crippen molar-refractivity contribution in [2.75, 3.05) is 0 Å². The highest BCUT2D eigenvalue weighted by molar-refractivity contribution is 9.11. The maximum absolute atomic E-state index is 5.67. The lowest BCUT2D eigenvalue weighted by Crippen LogP contribution is -2.29. The number of nitrogens with one attached hydrogen (secondary N) is 1. The molecule has 0 aliphatic carbocycles. The van der Waals surface area contributed by atoms with Gasteiger partial charge in [0.1, 0.15) is 0 Å². The van der Waals surface area contributed by atoms with Crippen LogP contribution in [-0.2, 0) is 6.42 Å². The Bertz CT molecular complexity index is 542. The predicted octanol–water partition coefficient (Wildman–Crippen LogP) is 3.72. The van der Waals surface area contributed by atoms with Crippen molar-refractivity contribution >= 4 is 43.2 Å². The summed E-state index contributed by atoms with van der Waals surface area (Å²) in [4.78, 5) is 4.47. The molecular formula is C12H13Br2N3S. The maximum atomic E-state index is 5.67. The van der Waals surface area contributed by atoms with E-state index in [1.54, 1.807) is 11.3 Å². The molecular weight excluding hydrogens is 378 g/mol. The summed E-state index contributed by atoms with van der Waals surface area (Å²) in [6, 6.07) is 6.11. The van der Waals surface area contributed by atoms with Gasteiger partial charge in [-0.3, -0.25) is 11.3 Å². The summed E-state index contributed by atoms with van der Waals surface area (Å²) in [5.41, 5.74) is 5.04. The van der Waals surface area contributed by atoms with E-state index in [1.807, 2.05) is 19.1 Å². The van der Waals surface area contributed by atoms with Gasteiger partial charge in [-0.15, -0.1) is 11.3 Å². The molecule has 0 aliphatic heterocycles. The van der Waals surface area contributed by atoms with Crippen LogP contribution >= 0.6 is 43.2 Å². The van der Waals surface area contributed by atoms with Gasteiger partial charge in [0.05, 0.1) is 11.0 Å². The SMILES string of the molecule is Cc1csc(CC(NN)c2cc(Br)ccc2Br)n1. The van der Waals surface area contributed by atoms with E-state index in [4.69, 9.17) is 5.84 Å². The molecule has 1 heterocycles. The smallest absolute Gasteiger partial charge is 0.0947 e. The largest absolute Gasteiger partial charge is 0.271 e. The number of nitrogens with two attached hydrogens (primary N) is 1. The number of hydrogen-bond donors (Lipinski definition) is 2. The van der Waals surface area contributed by atoms with Crippen LogP contribution in [0.25, 0.3) is 0 Å². The maximum Gasteiger partial charge on any atom is 0.0947 e. The first kappa shape index (κ1) is 14.1. The molecule has 96 valence electrons. The van der Waals surface area contributed by atoms with Crippen LogP contribution in [0.5, 0.6) is 0 Å². The van der Waals surface area contributed by atoms with Crippen molar-refractivity contribution in [2.24, 2.45) is 5.84 Å².